The number of aryl methyl sites for hydroxylation is 1. The number of esters is 1. The van der Waals surface area contributed by atoms with Crippen LogP contribution >= 0.6 is 0 Å². The quantitative estimate of drug-likeness (QED) is 0.725. The highest BCUT2D eigenvalue weighted by molar-refractivity contribution is 5.92. The minimum Gasteiger partial charge on any atom is -0.493 e. The molecule has 18 heavy (non-hydrogen) atoms. The molecule has 4 heteroatoms. The molecule has 0 amide bonds. The maximum atomic E-state index is 11.8. The Balaban J connectivity index is 2.99. The molecule has 0 radical (unpaired) electrons. The number of nitriles is 1. The van der Waals surface area contributed by atoms with Crippen molar-refractivity contribution in [2.75, 3.05) is 13.2 Å². The van der Waals surface area contributed by atoms with Gasteiger partial charge >= 0.3 is 5.97 Å². The second kappa shape index (κ2) is 7.33. The van der Waals surface area contributed by atoms with Gasteiger partial charge in [0.2, 0.25) is 0 Å². The predicted octanol–water partition coefficient (Wildman–Crippen LogP) is 2.72. The summed E-state index contributed by atoms with van der Waals surface area (Å²) in [5.41, 5.74) is 1.36. The van der Waals surface area contributed by atoms with Crippen LogP contribution in [-0.4, -0.2) is 19.2 Å². The lowest BCUT2D eigenvalue weighted by Gasteiger charge is -2.10. The second-order valence-electron chi connectivity index (χ2n) is 3.64. The first-order chi connectivity index (χ1) is 8.72. The van der Waals surface area contributed by atoms with Gasteiger partial charge in [-0.25, -0.2) is 4.79 Å². The monoisotopic (exact) mass is 247 g/mol. The van der Waals surface area contributed by atoms with Crippen LogP contribution in [0.5, 0.6) is 5.75 Å². The summed E-state index contributed by atoms with van der Waals surface area (Å²) in [6.45, 7) is 4.44. The average Bonchev–Trinajstić information content (AvgIpc) is 2.38. The van der Waals surface area contributed by atoms with Gasteiger partial charge in [-0.1, -0.05) is 6.07 Å². The van der Waals surface area contributed by atoms with E-state index >= 15 is 0 Å². The molecule has 0 saturated heterocycles. The molecule has 0 spiro atoms. The molecule has 0 aromatic heterocycles. The van der Waals surface area contributed by atoms with Crippen molar-refractivity contribution >= 4 is 5.97 Å². The first kappa shape index (κ1) is 14.0. The number of ether oxygens (including phenoxy) is 2. The van der Waals surface area contributed by atoms with Gasteiger partial charge in [0.25, 0.3) is 0 Å². The summed E-state index contributed by atoms with van der Waals surface area (Å²) in [5.74, 6) is 0.136. The van der Waals surface area contributed by atoms with E-state index in [-0.39, 0.29) is 5.97 Å². The molecule has 0 aliphatic heterocycles. The van der Waals surface area contributed by atoms with Gasteiger partial charge in [0.1, 0.15) is 11.3 Å². The Labute approximate surface area is 107 Å². The Hall–Kier alpha value is -2.02. The van der Waals surface area contributed by atoms with Crippen LogP contribution in [0.15, 0.2) is 18.2 Å². The fraction of sp³-hybridized carbons (Fsp3) is 0.429. The molecule has 0 aliphatic rings. The van der Waals surface area contributed by atoms with Crippen LogP contribution < -0.4 is 4.74 Å². The van der Waals surface area contributed by atoms with Gasteiger partial charge in [0.05, 0.1) is 19.3 Å². The zero-order valence-corrected chi connectivity index (χ0v) is 10.7. The molecule has 0 atom stereocenters. The number of hydrogen-bond donors (Lipinski definition) is 0. The van der Waals surface area contributed by atoms with Gasteiger partial charge in [0.15, 0.2) is 0 Å². The first-order valence-electron chi connectivity index (χ1n) is 6.02. The molecule has 0 heterocycles. The molecule has 4 nitrogen and oxygen atoms in total. The Kier molecular flexibility index (Phi) is 5.72. The van der Waals surface area contributed by atoms with E-state index in [0.717, 1.165) is 5.56 Å². The zero-order valence-electron chi connectivity index (χ0n) is 10.7. The molecule has 0 fully saturated rings. The Morgan fingerprint density at radius 1 is 1.33 bits per heavy atom. The van der Waals surface area contributed by atoms with Gasteiger partial charge in [-0.15, -0.1) is 0 Å². The van der Waals surface area contributed by atoms with Crippen LogP contribution in [0.1, 0.15) is 36.2 Å². The summed E-state index contributed by atoms with van der Waals surface area (Å²) in [6, 6.07) is 7.44. The lowest BCUT2D eigenvalue weighted by Crippen LogP contribution is -2.08. The van der Waals surface area contributed by atoms with Crippen molar-refractivity contribution < 1.29 is 14.3 Å². The number of rotatable bonds is 6. The molecule has 1 rings (SSSR count). The molecule has 1 aromatic rings. The largest absolute Gasteiger partial charge is 0.493 e. The lowest BCUT2D eigenvalue weighted by atomic mass is 10.1. The highest BCUT2D eigenvalue weighted by Crippen LogP contribution is 2.22. The lowest BCUT2D eigenvalue weighted by molar-refractivity contribution is 0.0522. The predicted molar refractivity (Wildman–Crippen MR) is 67.5 cm³/mol. The van der Waals surface area contributed by atoms with Gasteiger partial charge in [-0.2, -0.15) is 5.26 Å². The van der Waals surface area contributed by atoms with Crippen molar-refractivity contribution in [3.63, 3.8) is 0 Å². The van der Waals surface area contributed by atoms with Crippen molar-refractivity contribution in [2.24, 2.45) is 0 Å². The van der Waals surface area contributed by atoms with Gasteiger partial charge < -0.3 is 9.47 Å². The van der Waals surface area contributed by atoms with Crippen LogP contribution in [0.2, 0.25) is 0 Å². The Bertz CT molecular complexity index is 449. The number of benzene rings is 1. The number of carbonyl (C=O) groups excluding carboxylic acids is 1. The molecule has 0 N–H and O–H groups in total. The van der Waals surface area contributed by atoms with Crippen LogP contribution in [0.25, 0.3) is 0 Å². The minimum absolute atomic E-state index is 0.326. The van der Waals surface area contributed by atoms with Crippen molar-refractivity contribution in [1.29, 1.82) is 5.26 Å². The smallest absolute Gasteiger partial charge is 0.341 e. The number of carbonyl (C=O) groups is 1. The summed E-state index contributed by atoms with van der Waals surface area (Å²) in [7, 11) is 0. The third-order valence-corrected chi connectivity index (χ3v) is 2.36. The molecule has 0 unspecified atom stereocenters. The summed E-state index contributed by atoms with van der Waals surface area (Å²) in [4.78, 5) is 11.8. The molecule has 0 saturated carbocycles. The summed E-state index contributed by atoms with van der Waals surface area (Å²) in [5, 5.41) is 8.56. The Morgan fingerprint density at radius 3 is 2.72 bits per heavy atom. The van der Waals surface area contributed by atoms with Gasteiger partial charge in [-0.3, -0.25) is 0 Å². The molecular weight excluding hydrogens is 230 g/mol. The minimum atomic E-state index is -0.389. The molecule has 96 valence electrons. The van der Waals surface area contributed by atoms with Gasteiger partial charge in [-0.05, 0) is 38.0 Å². The third-order valence-electron chi connectivity index (χ3n) is 2.36. The topological polar surface area (TPSA) is 59.3 Å². The summed E-state index contributed by atoms with van der Waals surface area (Å²) >= 11 is 0. The summed E-state index contributed by atoms with van der Waals surface area (Å²) < 4.78 is 10.4. The second-order valence-corrected chi connectivity index (χ2v) is 3.64. The van der Waals surface area contributed by atoms with E-state index in [1.54, 1.807) is 19.1 Å². The molecule has 1 aromatic carbocycles. The van der Waals surface area contributed by atoms with Crippen LogP contribution in [-0.2, 0) is 11.2 Å². The zero-order chi connectivity index (χ0) is 13.4. The van der Waals surface area contributed by atoms with E-state index in [2.05, 4.69) is 6.07 Å². The first-order valence-corrected chi connectivity index (χ1v) is 6.02. The fourth-order valence-electron chi connectivity index (χ4n) is 1.58. The van der Waals surface area contributed by atoms with E-state index in [1.807, 2.05) is 13.0 Å². The van der Waals surface area contributed by atoms with Crippen LogP contribution in [0, 0.1) is 11.3 Å². The van der Waals surface area contributed by atoms with Gasteiger partial charge in [0, 0.05) is 6.42 Å². The van der Waals surface area contributed by atoms with Crippen molar-refractivity contribution in [1.82, 2.24) is 0 Å². The van der Waals surface area contributed by atoms with E-state index in [4.69, 9.17) is 14.7 Å². The van der Waals surface area contributed by atoms with E-state index in [0.29, 0.717) is 37.4 Å². The third kappa shape index (κ3) is 3.77. The molecular formula is C14H17NO3. The summed E-state index contributed by atoms with van der Waals surface area (Å²) in [6.07, 6.45) is 1.05. The van der Waals surface area contributed by atoms with Crippen LogP contribution in [0.4, 0.5) is 0 Å². The van der Waals surface area contributed by atoms with E-state index in [9.17, 15) is 4.79 Å². The van der Waals surface area contributed by atoms with Crippen molar-refractivity contribution in [2.45, 2.75) is 26.7 Å². The maximum Gasteiger partial charge on any atom is 0.341 e. The SMILES string of the molecule is CCOC(=O)c1cc(CCC#N)ccc1OCC. The van der Waals surface area contributed by atoms with E-state index in [1.165, 1.54) is 0 Å². The van der Waals surface area contributed by atoms with Crippen LogP contribution in [0.3, 0.4) is 0 Å². The van der Waals surface area contributed by atoms with Crippen molar-refractivity contribution in [3.8, 4) is 11.8 Å². The highest BCUT2D eigenvalue weighted by atomic mass is 16.5. The van der Waals surface area contributed by atoms with E-state index < -0.39 is 0 Å². The number of hydrogen-bond acceptors (Lipinski definition) is 4. The standard InChI is InChI=1S/C14H17NO3/c1-3-17-13-8-7-11(6-5-9-15)10-12(13)14(16)18-4-2/h7-8,10H,3-6H2,1-2H3. The Morgan fingerprint density at radius 2 is 2.11 bits per heavy atom. The normalized spacial score (nSPS) is 9.61. The molecule has 0 aliphatic carbocycles. The van der Waals surface area contributed by atoms with Crippen molar-refractivity contribution in [3.05, 3.63) is 29.3 Å². The fourth-order valence-corrected chi connectivity index (χ4v) is 1.58. The highest BCUT2D eigenvalue weighted by Gasteiger charge is 2.14. The average molecular weight is 247 g/mol. The molecule has 0 bridgehead atoms. The number of nitrogens with zero attached hydrogens (tertiary/aromatic N) is 1. The maximum absolute atomic E-state index is 11.8.